The predicted octanol–water partition coefficient (Wildman–Crippen LogP) is 12.2. The molecule has 2 aliphatic rings. The summed E-state index contributed by atoms with van der Waals surface area (Å²) in [5, 5.41) is 6.09. The number of thioether (sulfide) groups is 2. The van der Waals surface area contributed by atoms with Gasteiger partial charge in [-0.15, -0.1) is 0 Å². The summed E-state index contributed by atoms with van der Waals surface area (Å²) in [6.45, 7) is 8.82. The van der Waals surface area contributed by atoms with Gasteiger partial charge in [-0.3, -0.25) is 19.2 Å². The zero-order valence-electron chi connectivity index (χ0n) is 31.4. The fourth-order valence-electron chi connectivity index (χ4n) is 7.66. The molecule has 5 rings (SSSR count). The van der Waals surface area contributed by atoms with Gasteiger partial charge in [0.1, 0.15) is 0 Å². The van der Waals surface area contributed by atoms with E-state index in [4.69, 9.17) is 0 Å². The molecule has 2 amide bonds. The van der Waals surface area contributed by atoms with E-state index < -0.39 is 0 Å². The molecule has 6 nitrogen and oxygen atoms in total. The van der Waals surface area contributed by atoms with Crippen LogP contribution in [0.2, 0.25) is 0 Å². The first-order valence-corrected chi connectivity index (χ1v) is 21.0. The van der Waals surface area contributed by atoms with Crippen molar-refractivity contribution in [3.8, 4) is 0 Å². The molecule has 0 bridgehead atoms. The fourth-order valence-corrected chi connectivity index (χ4v) is 9.31. The maximum absolute atomic E-state index is 13.8. The van der Waals surface area contributed by atoms with Gasteiger partial charge in [-0.05, 0) is 135 Å². The van der Waals surface area contributed by atoms with E-state index in [1.807, 2.05) is 48.5 Å². The molecule has 0 saturated heterocycles. The molecule has 3 aromatic carbocycles. The highest BCUT2D eigenvalue weighted by molar-refractivity contribution is 8.14. The predicted molar refractivity (Wildman–Crippen MR) is 216 cm³/mol. The van der Waals surface area contributed by atoms with Crippen molar-refractivity contribution in [1.29, 1.82) is 0 Å². The van der Waals surface area contributed by atoms with Gasteiger partial charge in [0.15, 0.2) is 0 Å². The van der Waals surface area contributed by atoms with E-state index in [0.717, 1.165) is 101 Å². The summed E-state index contributed by atoms with van der Waals surface area (Å²) in [6, 6.07) is 21.7. The van der Waals surface area contributed by atoms with Crippen molar-refractivity contribution >= 4 is 56.9 Å². The molecular weight excluding hydrogens is 685 g/mol. The lowest BCUT2D eigenvalue weighted by Gasteiger charge is -2.36. The van der Waals surface area contributed by atoms with Gasteiger partial charge < -0.3 is 10.6 Å². The smallest absolute Gasteiger partial charge is 0.230 e. The lowest BCUT2D eigenvalue weighted by Crippen LogP contribution is -2.38. The fraction of sp³-hybridized carbons (Fsp3) is 0.500. The van der Waals surface area contributed by atoms with Crippen molar-refractivity contribution < 1.29 is 19.2 Å². The molecule has 0 unspecified atom stereocenters. The van der Waals surface area contributed by atoms with E-state index in [1.54, 1.807) is 24.3 Å². The number of rotatable bonds is 14. The van der Waals surface area contributed by atoms with Crippen LogP contribution >= 0.6 is 23.5 Å². The second-order valence-electron chi connectivity index (χ2n) is 15.8. The van der Waals surface area contributed by atoms with Crippen molar-refractivity contribution in [1.82, 2.24) is 0 Å². The second-order valence-corrected chi connectivity index (χ2v) is 17.8. The molecular formula is C44H56N2O4S2. The lowest BCUT2D eigenvalue weighted by molar-refractivity contribution is -0.128. The van der Waals surface area contributed by atoms with Crippen LogP contribution in [-0.4, -0.2) is 22.0 Å². The average molecular weight is 741 g/mol. The van der Waals surface area contributed by atoms with Crippen molar-refractivity contribution in [3.05, 3.63) is 83.9 Å². The summed E-state index contributed by atoms with van der Waals surface area (Å²) in [6.07, 6.45) is 14.0. The Morgan fingerprint density at radius 3 is 1.23 bits per heavy atom. The first-order valence-electron chi connectivity index (χ1n) is 19.4. The van der Waals surface area contributed by atoms with Crippen LogP contribution in [0.4, 0.5) is 11.4 Å². The van der Waals surface area contributed by atoms with E-state index >= 15 is 0 Å². The Bertz CT molecular complexity index is 1560. The Kier molecular flexibility index (Phi) is 14.3. The zero-order chi connectivity index (χ0) is 37.1. The first kappa shape index (κ1) is 39.8. The molecule has 52 heavy (non-hydrogen) atoms. The highest BCUT2D eigenvalue weighted by Crippen LogP contribution is 2.44. The SMILES string of the molecule is CC(C)CCC1(C(=O)Nc2ccccc2SC(=O)c2ccc(C(=O)Sc3ccccc3NC(=O)C3(CCC(C)C)CCCCC3)cc2)CCCCC1. The maximum atomic E-state index is 13.8. The third-order valence-electron chi connectivity index (χ3n) is 11.0. The lowest BCUT2D eigenvalue weighted by atomic mass is 9.69. The highest BCUT2D eigenvalue weighted by atomic mass is 32.2. The summed E-state index contributed by atoms with van der Waals surface area (Å²) in [7, 11) is 0. The van der Waals surface area contributed by atoms with E-state index in [9.17, 15) is 19.2 Å². The minimum atomic E-state index is -0.359. The molecule has 2 N–H and O–H groups in total. The molecule has 0 aromatic heterocycles. The van der Waals surface area contributed by atoms with Gasteiger partial charge in [0, 0.05) is 31.7 Å². The largest absolute Gasteiger partial charge is 0.325 e. The molecule has 3 aromatic rings. The molecule has 2 fully saturated rings. The van der Waals surface area contributed by atoms with E-state index in [0.29, 0.717) is 44.1 Å². The molecule has 278 valence electrons. The van der Waals surface area contributed by atoms with Crippen LogP contribution in [0.1, 0.15) is 138 Å². The van der Waals surface area contributed by atoms with E-state index in [-0.39, 0.29) is 32.9 Å². The number of benzene rings is 3. The van der Waals surface area contributed by atoms with Crippen LogP contribution in [0.15, 0.2) is 82.6 Å². The van der Waals surface area contributed by atoms with Gasteiger partial charge in [-0.2, -0.15) is 0 Å². The molecule has 2 saturated carbocycles. The minimum absolute atomic E-state index is 0.0643. The van der Waals surface area contributed by atoms with Gasteiger partial charge in [-0.1, -0.05) is 90.5 Å². The topological polar surface area (TPSA) is 92.3 Å². The molecule has 0 aliphatic heterocycles. The van der Waals surface area contributed by atoms with Crippen molar-refractivity contribution in [2.45, 2.75) is 127 Å². The quantitative estimate of drug-likeness (QED) is 0.160. The van der Waals surface area contributed by atoms with E-state index in [1.165, 1.54) is 12.8 Å². The Morgan fingerprint density at radius 2 is 0.885 bits per heavy atom. The van der Waals surface area contributed by atoms with Gasteiger partial charge in [0.2, 0.25) is 22.0 Å². The maximum Gasteiger partial charge on any atom is 0.230 e. The first-order chi connectivity index (χ1) is 25.0. The Hall–Kier alpha value is -3.36. The zero-order valence-corrected chi connectivity index (χ0v) is 33.1. The monoisotopic (exact) mass is 740 g/mol. The summed E-state index contributed by atoms with van der Waals surface area (Å²) >= 11 is 2.17. The van der Waals surface area contributed by atoms with Gasteiger partial charge >= 0.3 is 0 Å². The van der Waals surface area contributed by atoms with Gasteiger partial charge in [0.05, 0.1) is 11.4 Å². The summed E-state index contributed by atoms with van der Waals surface area (Å²) < 4.78 is 0. The van der Waals surface area contributed by atoms with E-state index in [2.05, 4.69) is 38.3 Å². The van der Waals surface area contributed by atoms with Crippen LogP contribution in [0, 0.1) is 22.7 Å². The summed E-state index contributed by atoms with van der Waals surface area (Å²) in [5.74, 6) is 1.20. The molecule has 2 aliphatic carbocycles. The number of para-hydroxylation sites is 2. The molecule has 0 atom stereocenters. The van der Waals surface area contributed by atoms with Crippen LogP contribution in [0.25, 0.3) is 0 Å². The minimum Gasteiger partial charge on any atom is -0.325 e. The number of hydrogen-bond acceptors (Lipinski definition) is 6. The number of carbonyl (C=O) groups excluding carboxylic acids is 4. The van der Waals surface area contributed by atoms with Gasteiger partial charge in [-0.25, -0.2) is 0 Å². The average Bonchev–Trinajstić information content (AvgIpc) is 3.15. The van der Waals surface area contributed by atoms with Crippen molar-refractivity contribution in [2.24, 2.45) is 22.7 Å². The van der Waals surface area contributed by atoms with Crippen LogP contribution in [0.3, 0.4) is 0 Å². The Morgan fingerprint density at radius 1 is 0.538 bits per heavy atom. The molecule has 0 heterocycles. The number of carbonyl (C=O) groups is 4. The third kappa shape index (κ3) is 10.4. The van der Waals surface area contributed by atoms with Crippen molar-refractivity contribution in [2.75, 3.05) is 10.6 Å². The number of amides is 2. The standard InChI is InChI=1S/C44H56N2O4S2/c1-31(2)23-29-43(25-11-5-12-26-43)41(49)45-35-15-7-9-17-37(35)51-39(47)33-19-21-34(22-20-33)40(48)52-38-18-10-8-16-36(38)46-42(50)44(30-24-32(3)4)27-13-6-14-28-44/h7-10,15-22,31-32H,5-6,11-14,23-30H2,1-4H3,(H,45,49)(H,46,50). The number of hydrogen-bond donors (Lipinski definition) is 2. The van der Waals surface area contributed by atoms with Gasteiger partial charge in [0.25, 0.3) is 0 Å². The molecule has 0 radical (unpaired) electrons. The summed E-state index contributed by atoms with van der Waals surface area (Å²) in [5.41, 5.74) is 1.54. The highest BCUT2D eigenvalue weighted by Gasteiger charge is 2.40. The molecule has 8 heteroatoms. The van der Waals surface area contributed by atoms with Crippen molar-refractivity contribution in [3.63, 3.8) is 0 Å². The van der Waals surface area contributed by atoms with Crippen LogP contribution in [0.5, 0.6) is 0 Å². The number of anilines is 2. The molecule has 0 spiro atoms. The Labute approximate surface area is 319 Å². The second kappa shape index (κ2) is 18.6. The van der Waals surface area contributed by atoms with Crippen LogP contribution < -0.4 is 10.6 Å². The number of nitrogens with one attached hydrogen (secondary N) is 2. The normalized spacial score (nSPS) is 16.7. The Balaban J connectivity index is 1.23. The summed E-state index contributed by atoms with van der Waals surface area (Å²) in [4.78, 5) is 55.9. The third-order valence-corrected chi connectivity index (χ3v) is 13.0. The van der Waals surface area contributed by atoms with Crippen LogP contribution in [-0.2, 0) is 9.59 Å².